The summed E-state index contributed by atoms with van der Waals surface area (Å²) >= 11 is 2.82. The Kier molecular flexibility index (Phi) is 3.13. The minimum atomic E-state index is -1.45. The molecule has 0 aliphatic rings. The summed E-state index contributed by atoms with van der Waals surface area (Å²) in [6.45, 7) is 2.64. The summed E-state index contributed by atoms with van der Waals surface area (Å²) in [6.07, 6.45) is 0. The molecule has 15 heavy (non-hydrogen) atoms. The van der Waals surface area contributed by atoms with Gasteiger partial charge in [0, 0.05) is 5.56 Å². The van der Waals surface area contributed by atoms with Crippen LogP contribution >= 0.6 is 15.9 Å². The van der Waals surface area contributed by atoms with Crippen LogP contribution in [0.15, 0.2) is 16.6 Å². The van der Waals surface area contributed by atoms with Crippen LogP contribution in [0, 0.1) is 11.6 Å². The van der Waals surface area contributed by atoms with E-state index in [4.69, 9.17) is 5.11 Å². The first-order valence-corrected chi connectivity index (χ1v) is 4.94. The highest BCUT2D eigenvalue weighted by Crippen LogP contribution is 2.29. The van der Waals surface area contributed by atoms with E-state index in [-0.39, 0.29) is 10.0 Å². The van der Waals surface area contributed by atoms with E-state index < -0.39 is 23.0 Å². The lowest BCUT2D eigenvalue weighted by Crippen LogP contribution is -2.29. The van der Waals surface area contributed by atoms with Crippen molar-refractivity contribution in [1.82, 2.24) is 0 Å². The Morgan fingerprint density at radius 3 is 2.33 bits per heavy atom. The molecule has 0 saturated heterocycles. The van der Waals surface area contributed by atoms with Gasteiger partial charge in [0.05, 0.1) is 9.89 Å². The highest BCUT2D eigenvalue weighted by atomic mass is 79.9. The molecular weight excluding hydrogens is 270 g/mol. The molecule has 0 amide bonds. The zero-order chi connectivity index (χ0) is 11.8. The summed E-state index contributed by atoms with van der Waals surface area (Å²) in [6, 6.07) is 1.82. The molecule has 0 unspecified atom stereocenters. The number of benzene rings is 1. The molecule has 0 spiro atoms. The van der Waals surface area contributed by atoms with Crippen molar-refractivity contribution in [2.24, 2.45) is 0 Å². The van der Waals surface area contributed by atoms with E-state index in [2.05, 4.69) is 15.9 Å². The first-order chi connectivity index (χ1) is 6.76. The topological polar surface area (TPSA) is 37.3 Å². The third-order valence-corrected chi connectivity index (χ3v) is 2.83. The molecule has 5 heteroatoms. The average molecular weight is 279 g/mol. The van der Waals surface area contributed by atoms with Gasteiger partial charge in [0.1, 0.15) is 11.6 Å². The summed E-state index contributed by atoms with van der Waals surface area (Å²) in [5, 5.41) is 8.88. The van der Waals surface area contributed by atoms with Crippen molar-refractivity contribution in [2.45, 2.75) is 19.3 Å². The normalized spacial score (nSPS) is 11.5. The maximum atomic E-state index is 13.4. The van der Waals surface area contributed by atoms with E-state index in [1.807, 2.05) is 0 Å². The van der Waals surface area contributed by atoms with Crippen LogP contribution in [0.3, 0.4) is 0 Å². The molecule has 0 heterocycles. The second-order valence-corrected chi connectivity index (χ2v) is 4.53. The highest BCUT2D eigenvalue weighted by Gasteiger charge is 2.33. The fourth-order valence-corrected chi connectivity index (χ4v) is 1.43. The number of halogens is 3. The molecule has 0 bridgehead atoms. The Morgan fingerprint density at radius 2 is 1.87 bits per heavy atom. The van der Waals surface area contributed by atoms with Crippen LogP contribution in [0.4, 0.5) is 8.78 Å². The van der Waals surface area contributed by atoms with Gasteiger partial charge in [-0.15, -0.1) is 0 Å². The van der Waals surface area contributed by atoms with Crippen LogP contribution in [0.5, 0.6) is 0 Å². The monoisotopic (exact) mass is 278 g/mol. The van der Waals surface area contributed by atoms with Gasteiger partial charge >= 0.3 is 5.97 Å². The lowest BCUT2D eigenvalue weighted by atomic mass is 9.84. The fourth-order valence-electron chi connectivity index (χ4n) is 1.12. The smallest absolute Gasteiger partial charge is 0.313 e. The van der Waals surface area contributed by atoms with Crippen molar-refractivity contribution in [3.8, 4) is 0 Å². The standard InChI is InChI=1S/C10H9BrF2O2/c1-10(2,9(14)15)5-3-8(13)6(11)4-7(5)12/h3-4H,1-2H3,(H,14,15). The molecule has 2 nitrogen and oxygen atoms in total. The van der Waals surface area contributed by atoms with Gasteiger partial charge < -0.3 is 5.11 Å². The van der Waals surface area contributed by atoms with Crippen LogP contribution in [-0.4, -0.2) is 11.1 Å². The maximum absolute atomic E-state index is 13.4. The second-order valence-electron chi connectivity index (χ2n) is 3.68. The third-order valence-electron chi connectivity index (χ3n) is 2.22. The Morgan fingerprint density at radius 1 is 1.33 bits per heavy atom. The molecule has 0 aliphatic heterocycles. The number of hydrogen-bond donors (Lipinski definition) is 1. The Labute approximate surface area is 94.0 Å². The Hall–Kier alpha value is -0.970. The van der Waals surface area contributed by atoms with Crippen LogP contribution in [-0.2, 0) is 10.2 Å². The van der Waals surface area contributed by atoms with Gasteiger partial charge in [-0.1, -0.05) is 0 Å². The predicted octanol–water partition coefficient (Wildman–Crippen LogP) is 3.09. The molecule has 1 aromatic carbocycles. The molecule has 0 aliphatic carbocycles. The van der Waals surface area contributed by atoms with Gasteiger partial charge in [-0.3, -0.25) is 4.79 Å². The van der Waals surface area contributed by atoms with Gasteiger partial charge in [0.2, 0.25) is 0 Å². The highest BCUT2D eigenvalue weighted by molar-refractivity contribution is 9.10. The summed E-state index contributed by atoms with van der Waals surface area (Å²) in [5.74, 6) is -2.63. The number of rotatable bonds is 2. The SMILES string of the molecule is CC(C)(C(=O)O)c1cc(F)c(Br)cc1F. The molecule has 1 N–H and O–H groups in total. The molecule has 0 aromatic heterocycles. The number of carbonyl (C=O) groups is 1. The van der Waals surface area contributed by atoms with E-state index in [0.717, 1.165) is 12.1 Å². The van der Waals surface area contributed by atoms with Crippen molar-refractivity contribution in [3.63, 3.8) is 0 Å². The Balaban J connectivity index is 3.38. The van der Waals surface area contributed by atoms with Gasteiger partial charge in [-0.25, -0.2) is 8.78 Å². The molecule has 0 saturated carbocycles. The fraction of sp³-hybridized carbons (Fsp3) is 0.300. The number of carboxylic acids is 1. The molecule has 0 radical (unpaired) electrons. The quantitative estimate of drug-likeness (QED) is 0.845. The van der Waals surface area contributed by atoms with Crippen LogP contribution in [0.25, 0.3) is 0 Å². The predicted molar refractivity (Wildman–Crippen MR) is 54.7 cm³/mol. The van der Waals surface area contributed by atoms with E-state index in [9.17, 15) is 13.6 Å². The minimum Gasteiger partial charge on any atom is -0.481 e. The van der Waals surface area contributed by atoms with Crippen molar-refractivity contribution in [1.29, 1.82) is 0 Å². The third kappa shape index (κ3) is 2.17. The zero-order valence-electron chi connectivity index (χ0n) is 8.14. The van der Waals surface area contributed by atoms with Crippen molar-refractivity contribution >= 4 is 21.9 Å². The lowest BCUT2D eigenvalue weighted by Gasteiger charge is -2.20. The van der Waals surface area contributed by atoms with Crippen LogP contribution < -0.4 is 0 Å². The first-order valence-electron chi connectivity index (χ1n) is 4.15. The summed E-state index contributed by atoms with van der Waals surface area (Å²) in [7, 11) is 0. The number of aliphatic carboxylic acids is 1. The molecule has 1 rings (SSSR count). The van der Waals surface area contributed by atoms with Crippen LogP contribution in [0.2, 0.25) is 0 Å². The van der Waals surface area contributed by atoms with Crippen molar-refractivity contribution in [3.05, 3.63) is 33.8 Å². The molecule has 0 atom stereocenters. The number of hydrogen-bond acceptors (Lipinski definition) is 1. The van der Waals surface area contributed by atoms with E-state index in [0.29, 0.717) is 0 Å². The van der Waals surface area contributed by atoms with Crippen molar-refractivity contribution in [2.75, 3.05) is 0 Å². The average Bonchev–Trinajstić information content (AvgIpc) is 2.10. The molecule has 82 valence electrons. The maximum Gasteiger partial charge on any atom is 0.313 e. The van der Waals surface area contributed by atoms with E-state index in [1.54, 1.807) is 0 Å². The first kappa shape index (κ1) is 12.1. The van der Waals surface area contributed by atoms with Crippen molar-refractivity contribution < 1.29 is 18.7 Å². The largest absolute Gasteiger partial charge is 0.481 e. The Bertz CT molecular complexity index is 416. The lowest BCUT2D eigenvalue weighted by molar-refractivity contribution is -0.142. The second kappa shape index (κ2) is 3.89. The van der Waals surface area contributed by atoms with E-state index >= 15 is 0 Å². The number of carboxylic acid groups (broad SMARTS) is 1. The van der Waals surface area contributed by atoms with Gasteiger partial charge in [-0.2, -0.15) is 0 Å². The molecular formula is C10H9BrF2O2. The summed E-state index contributed by atoms with van der Waals surface area (Å²) in [5.41, 5.74) is -1.62. The zero-order valence-corrected chi connectivity index (χ0v) is 9.73. The summed E-state index contributed by atoms with van der Waals surface area (Å²) in [4.78, 5) is 10.9. The van der Waals surface area contributed by atoms with Gasteiger partial charge in [0.25, 0.3) is 0 Å². The van der Waals surface area contributed by atoms with Gasteiger partial charge in [0.15, 0.2) is 0 Å². The summed E-state index contributed by atoms with van der Waals surface area (Å²) < 4.78 is 26.5. The molecule has 1 aromatic rings. The minimum absolute atomic E-state index is 0.0232. The van der Waals surface area contributed by atoms with Crippen LogP contribution in [0.1, 0.15) is 19.4 Å². The van der Waals surface area contributed by atoms with Gasteiger partial charge in [-0.05, 0) is 41.9 Å². The van der Waals surface area contributed by atoms with E-state index in [1.165, 1.54) is 13.8 Å². The molecule has 0 fully saturated rings.